The molecule has 130 valence electrons. The lowest BCUT2D eigenvalue weighted by Crippen LogP contribution is -2.30. The molecule has 1 rings (SSSR count). The molecule has 4 nitrogen and oxygen atoms in total. The molecule has 1 N–H and O–H groups in total. The number of aliphatic carboxylic acids is 1. The topological polar surface area (TPSA) is 83.4 Å². The number of unbranched alkanes of at least 4 members (excludes halogenated alkanes) is 5. The van der Waals surface area contributed by atoms with E-state index in [4.69, 9.17) is 0 Å². The summed E-state index contributed by atoms with van der Waals surface area (Å²) >= 11 is -2.67. The molecule has 0 bridgehead atoms. The molecule has 1 aromatic rings. The normalized spacial score (nSPS) is 15.1. The van der Waals surface area contributed by atoms with Crippen LogP contribution in [0.3, 0.4) is 0 Å². The van der Waals surface area contributed by atoms with E-state index in [1.54, 1.807) is 30.5 Å². The van der Waals surface area contributed by atoms with E-state index in [1.807, 2.05) is 0 Å². The van der Waals surface area contributed by atoms with Crippen molar-refractivity contribution in [2.75, 3.05) is 6.26 Å². The second kappa shape index (κ2) is 11.0. The summed E-state index contributed by atoms with van der Waals surface area (Å²) in [6, 6.07) is 6.52. The Morgan fingerprint density at radius 1 is 1.04 bits per heavy atom. The molecule has 6 heteroatoms. The van der Waals surface area contributed by atoms with Crippen LogP contribution >= 0.6 is 0 Å². The van der Waals surface area contributed by atoms with Crippen LogP contribution in [0, 0.1) is 0 Å². The van der Waals surface area contributed by atoms with Gasteiger partial charge in [-0.25, -0.2) is 4.79 Å². The smallest absolute Gasteiger partial charge is 0.357 e. The molecule has 1 aromatic carbocycles. The highest BCUT2D eigenvalue weighted by Gasteiger charge is 2.31. The van der Waals surface area contributed by atoms with E-state index in [0.29, 0.717) is 16.2 Å². The third-order valence-corrected chi connectivity index (χ3v) is 6.37. The fourth-order valence-corrected chi connectivity index (χ4v) is 4.18. The Morgan fingerprint density at radius 2 is 1.57 bits per heavy atom. The van der Waals surface area contributed by atoms with Gasteiger partial charge in [-0.1, -0.05) is 39.0 Å². The van der Waals surface area contributed by atoms with Crippen LogP contribution < -0.4 is 0 Å². The van der Waals surface area contributed by atoms with Crippen molar-refractivity contribution in [3.05, 3.63) is 24.3 Å². The molecular weight excluding hydrogens is 332 g/mol. The van der Waals surface area contributed by atoms with Crippen molar-refractivity contribution in [1.29, 1.82) is 0 Å². The van der Waals surface area contributed by atoms with Gasteiger partial charge in [0.25, 0.3) is 0 Å². The number of rotatable bonds is 11. The minimum absolute atomic E-state index is 0.426. The standard InChI is InChI=1S/C17H26O4S2/c1-3-4-5-6-7-8-9-16(17(18)19)23(21)15-12-10-14(11-13-15)22(2)20/h10-13,16H,3-9H2,1-2H3,(H,18,19). The maximum atomic E-state index is 12.5. The molecule has 0 saturated heterocycles. The quantitative estimate of drug-likeness (QED) is 0.482. The van der Waals surface area contributed by atoms with E-state index in [9.17, 15) is 19.0 Å². The van der Waals surface area contributed by atoms with Gasteiger partial charge in [0.2, 0.25) is 5.25 Å². The van der Waals surface area contributed by atoms with Crippen LogP contribution in [0.4, 0.5) is 0 Å². The molecule has 0 aromatic heterocycles. The zero-order valence-electron chi connectivity index (χ0n) is 13.8. The van der Waals surface area contributed by atoms with Gasteiger partial charge in [-0.3, -0.25) is 0 Å². The molecule has 0 radical (unpaired) electrons. The van der Waals surface area contributed by atoms with Gasteiger partial charge < -0.3 is 14.2 Å². The minimum atomic E-state index is -1.58. The fourth-order valence-electron chi connectivity index (χ4n) is 2.36. The van der Waals surface area contributed by atoms with Crippen LogP contribution in [0.1, 0.15) is 51.9 Å². The molecule has 0 aliphatic rings. The second-order valence-corrected chi connectivity index (χ2v) is 8.62. The van der Waals surface area contributed by atoms with Gasteiger partial charge >= 0.3 is 5.97 Å². The van der Waals surface area contributed by atoms with Crippen LogP contribution in [-0.4, -0.2) is 31.7 Å². The molecule has 0 spiro atoms. The van der Waals surface area contributed by atoms with E-state index in [2.05, 4.69) is 6.92 Å². The van der Waals surface area contributed by atoms with Gasteiger partial charge in [0.1, 0.15) is 6.26 Å². The molecule has 0 heterocycles. The molecule has 0 aliphatic carbocycles. The Kier molecular flexibility index (Phi) is 9.71. The van der Waals surface area contributed by atoms with Crippen LogP contribution in [-0.2, 0) is 27.1 Å². The zero-order valence-corrected chi connectivity index (χ0v) is 15.5. The summed E-state index contributed by atoms with van der Waals surface area (Å²) in [5.74, 6) is -1.01. The van der Waals surface area contributed by atoms with Crippen LogP contribution in [0.15, 0.2) is 34.1 Å². The van der Waals surface area contributed by atoms with E-state index < -0.39 is 33.6 Å². The molecule has 0 saturated carbocycles. The van der Waals surface area contributed by atoms with Crippen molar-refractivity contribution in [3.63, 3.8) is 0 Å². The maximum absolute atomic E-state index is 12.5. The van der Waals surface area contributed by atoms with Gasteiger partial charge in [0.05, 0.1) is 0 Å². The van der Waals surface area contributed by atoms with Gasteiger partial charge in [0.15, 0.2) is 9.79 Å². The van der Waals surface area contributed by atoms with E-state index >= 15 is 0 Å². The maximum Gasteiger partial charge on any atom is 0.357 e. The van der Waals surface area contributed by atoms with Crippen molar-refractivity contribution in [1.82, 2.24) is 0 Å². The predicted molar refractivity (Wildman–Crippen MR) is 94.6 cm³/mol. The highest BCUT2D eigenvalue weighted by Crippen LogP contribution is 2.23. The Morgan fingerprint density at radius 3 is 2.09 bits per heavy atom. The summed E-state index contributed by atoms with van der Waals surface area (Å²) in [6.45, 7) is 2.16. The van der Waals surface area contributed by atoms with Crippen molar-refractivity contribution in [2.24, 2.45) is 0 Å². The third-order valence-electron chi connectivity index (χ3n) is 3.74. The molecule has 3 unspecified atom stereocenters. The summed E-state index contributed by atoms with van der Waals surface area (Å²) in [6.07, 6.45) is 8.43. The molecule has 0 aliphatic heterocycles. The Bertz CT molecular complexity index is 462. The lowest BCUT2D eigenvalue weighted by atomic mass is 10.1. The molecule has 3 atom stereocenters. The fraction of sp³-hybridized carbons (Fsp3) is 0.588. The second-order valence-electron chi connectivity index (χ2n) is 5.61. The first-order valence-corrected chi connectivity index (χ1v) is 10.8. The van der Waals surface area contributed by atoms with Crippen LogP contribution in [0.25, 0.3) is 0 Å². The van der Waals surface area contributed by atoms with Gasteiger partial charge in [0, 0.05) is 6.42 Å². The first-order valence-electron chi connectivity index (χ1n) is 8.04. The Balaban J connectivity index is 2.56. The predicted octanol–water partition coefficient (Wildman–Crippen LogP) is 3.74. The number of hydrogen-bond donors (Lipinski definition) is 1. The van der Waals surface area contributed by atoms with Gasteiger partial charge in [-0.15, -0.1) is 0 Å². The van der Waals surface area contributed by atoms with Gasteiger partial charge in [-0.2, -0.15) is 0 Å². The SMILES string of the molecule is CCCCCCCCC(C(=O)O)[S+]([O-])c1ccc([S+](C)[O-])cc1. The summed E-state index contributed by atoms with van der Waals surface area (Å²) in [5, 5.41) is 8.47. The van der Waals surface area contributed by atoms with Crippen molar-refractivity contribution < 1.29 is 19.0 Å². The van der Waals surface area contributed by atoms with Crippen molar-refractivity contribution in [2.45, 2.75) is 66.9 Å². The molecule has 0 amide bonds. The highest BCUT2D eigenvalue weighted by atomic mass is 32.2. The number of benzene rings is 1. The van der Waals surface area contributed by atoms with Crippen molar-refractivity contribution in [3.8, 4) is 0 Å². The summed E-state index contributed by atoms with van der Waals surface area (Å²) in [4.78, 5) is 12.5. The minimum Gasteiger partial charge on any atom is -0.612 e. The van der Waals surface area contributed by atoms with Crippen molar-refractivity contribution >= 4 is 28.3 Å². The zero-order chi connectivity index (χ0) is 17.2. The Hall–Kier alpha value is -0.690. The molecule has 23 heavy (non-hydrogen) atoms. The highest BCUT2D eigenvalue weighted by molar-refractivity contribution is 7.92. The lowest BCUT2D eigenvalue weighted by Gasteiger charge is -2.18. The first-order chi connectivity index (χ1) is 11.0. The number of carbonyl (C=O) groups is 1. The Labute approximate surface area is 145 Å². The average molecular weight is 359 g/mol. The number of carboxylic acids is 1. The number of carboxylic acid groups (broad SMARTS) is 1. The average Bonchev–Trinajstić information content (AvgIpc) is 2.53. The number of hydrogen-bond acceptors (Lipinski definition) is 3. The lowest BCUT2D eigenvalue weighted by molar-refractivity contribution is -0.136. The van der Waals surface area contributed by atoms with E-state index in [-0.39, 0.29) is 0 Å². The summed E-state index contributed by atoms with van der Waals surface area (Å²) in [7, 11) is 0. The van der Waals surface area contributed by atoms with E-state index in [1.165, 1.54) is 19.3 Å². The largest absolute Gasteiger partial charge is 0.612 e. The molecule has 0 fully saturated rings. The molecular formula is C17H26O4S2. The van der Waals surface area contributed by atoms with Crippen LogP contribution in [0.2, 0.25) is 0 Å². The van der Waals surface area contributed by atoms with E-state index in [0.717, 1.165) is 19.3 Å². The summed E-state index contributed by atoms with van der Waals surface area (Å²) < 4.78 is 23.8. The van der Waals surface area contributed by atoms with Gasteiger partial charge in [-0.05, 0) is 53.0 Å². The first kappa shape index (κ1) is 20.4. The summed E-state index contributed by atoms with van der Waals surface area (Å²) in [5.41, 5.74) is 0. The monoisotopic (exact) mass is 358 g/mol. The third kappa shape index (κ3) is 7.16. The van der Waals surface area contributed by atoms with Crippen LogP contribution in [0.5, 0.6) is 0 Å².